The van der Waals surface area contributed by atoms with Gasteiger partial charge in [-0.05, 0) is 47.4 Å². The van der Waals surface area contributed by atoms with E-state index in [1.807, 2.05) is 12.1 Å². The number of para-hydroxylation sites is 1. The molecule has 3 aromatic rings. The summed E-state index contributed by atoms with van der Waals surface area (Å²) in [5.41, 5.74) is 6.54. The molecule has 0 unspecified atom stereocenters. The molecule has 1 aliphatic carbocycles. The molecule has 0 saturated heterocycles. The van der Waals surface area contributed by atoms with E-state index in [9.17, 15) is 5.11 Å². The molecule has 0 bridgehead atoms. The second-order valence-corrected chi connectivity index (χ2v) is 5.91. The zero-order chi connectivity index (χ0) is 14.2. The summed E-state index contributed by atoms with van der Waals surface area (Å²) in [6, 6.07) is 15.1. The van der Waals surface area contributed by atoms with Crippen LogP contribution in [0.4, 0.5) is 0 Å². The van der Waals surface area contributed by atoms with Gasteiger partial charge in [-0.3, -0.25) is 0 Å². The molecule has 0 aliphatic heterocycles. The number of benzene rings is 2. The summed E-state index contributed by atoms with van der Waals surface area (Å²) < 4.78 is 2.25. The lowest BCUT2D eigenvalue weighted by molar-refractivity contribution is 0.283. The summed E-state index contributed by atoms with van der Waals surface area (Å²) in [6.07, 6.45) is 5.87. The molecule has 2 heteroatoms. The average molecular weight is 277 g/mol. The zero-order valence-electron chi connectivity index (χ0n) is 12.0. The van der Waals surface area contributed by atoms with Gasteiger partial charge in [-0.2, -0.15) is 0 Å². The Bertz CT molecular complexity index is 800. The molecule has 0 spiro atoms. The van der Waals surface area contributed by atoms with Crippen LogP contribution in [0.15, 0.2) is 48.7 Å². The van der Waals surface area contributed by atoms with Crippen LogP contribution in [0.2, 0.25) is 0 Å². The summed E-state index contributed by atoms with van der Waals surface area (Å²) in [5, 5.41) is 10.8. The van der Waals surface area contributed by atoms with Crippen LogP contribution >= 0.6 is 0 Å². The molecule has 0 amide bonds. The Hall–Kier alpha value is -2.06. The quantitative estimate of drug-likeness (QED) is 0.776. The molecule has 0 fully saturated rings. The van der Waals surface area contributed by atoms with Crippen molar-refractivity contribution in [2.75, 3.05) is 0 Å². The van der Waals surface area contributed by atoms with Gasteiger partial charge in [0.25, 0.3) is 0 Å². The number of nitrogens with zero attached hydrogens (tertiary/aromatic N) is 1. The summed E-state index contributed by atoms with van der Waals surface area (Å²) >= 11 is 0. The molecule has 1 heterocycles. The minimum atomic E-state index is 0.0888. The molecule has 2 nitrogen and oxygen atoms in total. The van der Waals surface area contributed by atoms with E-state index in [1.54, 1.807) is 0 Å². The fourth-order valence-corrected chi connectivity index (χ4v) is 3.52. The monoisotopic (exact) mass is 277 g/mol. The Labute approximate surface area is 124 Å². The summed E-state index contributed by atoms with van der Waals surface area (Å²) in [7, 11) is 0. The van der Waals surface area contributed by atoms with Gasteiger partial charge < -0.3 is 9.67 Å². The summed E-state index contributed by atoms with van der Waals surface area (Å²) in [4.78, 5) is 0. The van der Waals surface area contributed by atoms with Crippen LogP contribution in [0.3, 0.4) is 0 Å². The maximum absolute atomic E-state index is 9.56. The molecule has 21 heavy (non-hydrogen) atoms. The molecule has 2 aromatic carbocycles. The molecule has 0 radical (unpaired) electrons. The maximum Gasteiger partial charge on any atom is 0.0702 e. The maximum atomic E-state index is 9.56. The zero-order valence-corrected chi connectivity index (χ0v) is 12.0. The van der Waals surface area contributed by atoms with Gasteiger partial charge in [-0.15, -0.1) is 0 Å². The number of aliphatic hydroxyl groups excluding tert-OH is 1. The van der Waals surface area contributed by atoms with Gasteiger partial charge in [0, 0.05) is 18.3 Å². The molecule has 1 aliphatic rings. The first-order chi connectivity index (χ1) is 10.3. The summed E-state index contributed by atoms with van der Waals surface area (Å²) in [6.45, 7) is 0.958. The highest BCUT2D eigenvalue weighted by molar-refractivity contribution is 5.83. The minimum Gasteiger partial charge on any atom is -0.392 e. The molecule has 1 aromatic heterocycles. The molecule has 106 valence electrons. The van der Waals surface area contributed by atoms with Gasteiger partial charge in [0.15, 0.2) is 0 Å². The smallest absolute Gasteiger partial charge is 0.0702 e. The van der Waals surface area contributed by atoms with Crippen molar-refractivity contribution in [3.8, 4) is 0 Å². The van der Waals surface area contributed by atoms with Crippen molar-refractivity contribution in [2.24, 2.45) is 0 Å². The number of aliphatic hydroxyl groups is 1. The van der Waals surface area contributed by atoms with Crippen molar-refractivity contribution in [2.45, 2.75) is 32.4 Å². The van der Waals surface area contributed by atoms with Gasteiger partial charge in [0.1, 0.15) is 0 Å². The first kappa shape index (κ1) is 12.7. The van der Waals surface area contributed by atoms with Crippen molar-refractivity contribution >= 4 is 10.9 Å². The topological polar surface area (TPSA) is 25.2 Å². The van der Waals surface area contributed by atoms with E-state index in [4.69, 9.17) is 0 Å². The van der Waals surface area contributed by atoms with Crippen LogP contribution in [0, 0.1) is 0 Å². The van der Waals surface area contributed by atoms with Crippen molar-refractivity contribution in [1.82, 2.24) is 4.57 Å². The second kappa shape index (κ2) is 5.05. The van der Waals surface area contributed by atoms with Crippen LogP contribution in [-0.4, -0.2) is 9.67 Å². The lowest BCUT2D eigenvalue weighted by Gasteiger charge is -2.10. The van der Waals surface area contributed by atoms with Crippen LogP contribution in [0.1, 0.15) is 28.7 Å². The van der Waals surface area contributed by atoms with E-state index in [0.717, 1.165) is 17.6 Å². The Balaban J connectivity index is 1.74. The highest BCUT2D eigenvalue weighted by atomic mass is 16.3. The number of aromatic nitrogens is 1. The first-order valence-electron chi connectivity index (χ1n) is 7.63. The number of rotatable bonds is 3. The largest absolute Gasteiger partial charge is 0.392 e. The highest BCUT2D eigenvalue weighted by Crippen LogP contribution is 2.25. The fraction of sp³-hybridized carbons (Fsp3) is 0.263. The van der Waals surface area contributed by atoms with E-state index in [1.165, 1.54) is 41.3 Å². The predicted octanol–water partition coefficient (Wildman–Crippen LogP) is 3.67. The summed E-state index contributed by atoms with van der Waals surface area (Å²) in [5.74, 6) is 0. The van der Waals surface area contributed by atoms with Gasteiger partial charge in [0.2, 0.25) is 0 Å². The minimum absolute atomic E-state index is 0.0888. The van der Waals surface area contributed by atoms with Gasteiger partial charge >= 0.3 is 0 Å². The molecular weight excluding hydrogens is 258 g/mol. The van der Waals surface area contributed by atoms with Crippen molar-refractivity contribution in [3.63, 3.8) is 0 Å². The van der Waals surface area contributed by atoms with Crippen LogP contribution in [0.5, 0.6) is 0 Å². The Morgan fingerprint density at radius 1 is 1.00 bits per heavy atom. The van der Waals surface area contributed by atoms with E-state index in [2.05, 4.69) is 41.1 Å². The molecule has 0 atom stereocenters. The lowest BCUT2D eigenvalue weighted by atomic mass is 10.1. The predicted molar refractivity (Wildman–Crippen MR) is 85.4 cm³/mol. The number of hydrogen-bond donors (Lipinski definition) is 1. The molecular formula is C19H19NO. The molecule has 4 rings (SSSR count). The van der Waals surface area contributed by atoms with E-state index < -0.39 is 0 Å². The van der Waals surface area contributed by atoms with Crippen molar-refractivity contribution in [3.05, 3.63) is 70.9 Å². The van der Waals surface area contributed by atoms with E-state index >= 15 is 0 Å². The van der Waals surface area contributed by atoms with Crippen LogP contribution in [0.25, 0.3) is 10.9 Å². The molecule has 1 N–H and O–H groups in total. The van der Waals surface area contributed by atoms with Crippen LogP contribution < -0.4 is 0 Å². The lowest BCUT2D eigenvalue weighted by Crippen LogP contribution is -2.01. The number of hydrogen-bond acceptors (Lipinski definition) is 1. The number of aryl methyl sites for hydroxylation is 2. The van der Waals surface area contributed by atoms with E-state index in [-0.39, 0.29) is 6.61 Å². The van der Waals surface area contributed by atoms with Gasteiger partial charge in [-0.25, -0.2) is 0 Å². The average Bonchev–Trinajstić information content (AvgIpc) is 3.13. The fourth-order valence-electron chi connectivity index (χ4n) is 3.52. The Kier molecular flexibility index (Phi) is 3.04. The third kappa shape index (κ3) is 2.16. The van der Waals surface area contributed by atoms with Crippen LogP contribution in [-0.2, 0) is 26.0 Å². The SMILES string of the molecule is OCc1cccc2ccn(Cc3ccc4c(c3)CCC4)c12. The van der Waals surface area contributed by atoms with Crippen molar-refractivity contribution in [1.29, 1.82) is 0 Å². The second-order valence-electron chi connectivity index (χ2n) is 5.91. The van der Waals surface area contributed by atoms with E-state index in [0.29, 0.717) is 0 Å². The first-order valence-corrected chi connectivity index (χ1v) is 7.63. The third-order valence-corrected chi connectivity index (χ3v) is 4.56. The Morgan fingerprint density at radius 3 is 2.81 bits per heavy atom. The third-order valence-electron chi connectivity index (χ3n) is 4.56. The standard InChI is InChI=1S/C19H19NO/c21-13-18-6-2-4-16-9-10-20(19(16)18)12-14-7-8-15-3-1-5-17(15)11-14/h2,4,6-11,21H,1,3,5,12-13H2. The van der Waals surface area contributed by atoms with Gasteiger partial charge in [0.05, 0.1) is 12.1 Å². The highest BCUT2D eigenvalue weighted by Gasteiger charge is 2.12. The Morgan fingerprint density at radius 2 is 1.90 bits per heavy atom. The normalized spacial score (nSPS) is 13.8. The number of fused-ring (bicyclic) bond motifs is 2. The molecule has 0 saturated carbocycles. The van der Waals surface area contributed by atoms with Crippen molar-refractivity contribution < 1.29 is 5.11 Å². The van der Waals surface area contributed by atoms with Gasteiger partial charge in [-0.1, -0.05) is 36.4 Å².